The minimum Gasteiger partial charge on any atom is -0.354 e. The molecule has 1 amide bonds. The Morgan fingerprint density at radius 3 is 2.54 bits per heavy atom. The number of nitrogens with zero attached hydrogens (tertiary/aromatic N) is 4. The number of anilines is 1. The molecule has 1 aromatic carbocycles. The minimum atomic E-state index is -0.173. The van der Waals surface area contributed by atoms with Gasteiger partial charge in [0.1, 0.15) is 17.8 Å². The number of likely N-dealkylation sites (N-methyl/N-ethyl adjacent to an activating group) is 1. The molecular weight excluding hydrogens is 302 g/mol. The molecule has 24 heavy (non-hydrogen) atoms. The molecule has 6 heteroatoms. The molecule has 1 saturated heterocycles. The van der Waals surface area contributed by atoms with Gasteiger partial charge in [0.2, 0.25) is 0 Å². The lowest BCUT2D eigenvalue weighted by atomic mass is 10.1. The van der Waals surface area contributed by atoms with Gasteiger partial charge in [0.05, 0.1) is 0 Å². The number of amides is 1. The van der Waals surface area contributed by atoms with Crippen LogP contribution >= 0.6 is 0 Å². The van der Waals surface area contributed by atoms with Crippen LogP contribution in [0.3, 0.4) is 0 Å². The monoisotopic (exact) mass is 325 g/mol. The zero-order chi connectivity index (χ0) is 16.9. The highest BCUT2D eigenvalue weighted by Crippen LogP contribution is 2.13. The van der Waals surface area contributed by atoms with Gasteiger partial charge in [0.15, 0.2) is 0 Å². The number of rotatable bonds is 4. The Labute approximate surface area is 142 Å². The van der Waals surface area contributed by atoms with Crippen LogP contribution in [0.25, 0.3) is 0 Å². The van der Waals surface area contributed by atoms with Crippen molar-refractivity contribution in [2.75, 3.05) is 38.1 Å². The molecule has 1 aliphatic heterocycles. The molecule has 0 aliphatic carbocycles. The van der Waals surface area contributed by atoms with Gasteiger partial charge in [-0.1, -0.05) is 29.8 Å². The quantitative estimate of drug-likeness (QED) is 0.922. The van der Waals surface area contributed by atoms with Gasteiger partial charge in [-0.2, -0.15) is 0 Å². The van der Waals surface area contributed by atoms with E-state index in [-0.39, 0.29) is 5.91 Å². The summed E-state index contributed by atoms with van der Waals surface area (Å²) < 4.78 is 0. The summed E-state index contributed by atoms with van der Waals surface area (Å²) in [5.74, 6) is 0.645. The fourth-order valence-corrected chi connectivity index (χ4v) is 2.66. The second-order valence-corrected chi connectivity index (χ2v) is 6.22. The molecule has 0 radical (unpaired) electrons. The second kappa shape index (κ2) is 7.40. The van der Waals surface area contributed by atoms with Crippen LogP contribution in [0, 0.1) is 6.92 Å². The van der Waals surface area contributed by atoms with Crippen LogP contribution in [-0.2, 0) is 6.54 Å². The van der Waals surface area contributed by atoms with Gasteiger partial charge in [-0.3, -0.25) is 4.79 Å². The first-order valence-corrected chi connectivity index (χ1v) is 8.21. The van der Waals surface area contributed by atoms with Crippen molar-refractivity contribution in [2.45, 2.75) is 13.5 Å². The fourth-order valence-electron chi connectivity index (χ4n) is 2.66. The SMILES string of the molecule is Cc1ccc(CNC(=O)c2cc(N3CCN(C)CC3)ncn2)cc1. The summed E-state index contributed by atoms with van der Waals surface area (Å²) in [7, 11) is 2.11. The largest absolute Gasteiger partial charge is 0.354 e. The first kappa shape index (κ1) is 16.4. The Hall–Kier alpha value is -2.47. The van der Waals surface area contributed by atoms with E-state index in [1.165, 1.54) is 11.9 Å². The van der Waals surface area contributed by atoms with Crippen molar-refractivity contribution in [3.63, 3.8) is 0 Å². The molecule has 1 N–H and O–H groups in total. The molecule has 1 aliphatic rings. The van der Waals surface area contributed by atoms with Crippen LogP contribution < -0.4 is 10.2 Å². The fraction of sp³-hybridized carbons (Fsp3) is 0.389. The third kappa shape index (κ3) is 4.08. The van der Waals surface area contributed by atoms with Crippen molar-refractivity contribution < 1.29 is 4.79 Å². The van der Waals surface area contributed by atoms with E-state index in [1.807, 2.05) is 31.2 Å². The number of aryl methyl sites for hydroxylation is 1. The van der Waals surface area contributed by atoms with Crippen LogP contribution in [0.4, 0.5) is 5.82 Å². The van der Waals surface area contributed by atoms with Crippen molar-refractivity contribution in [2.24, 2.45) is 0 Å². The number of piperazine rings is 1. The summed E-state index contributed by atoms with van der Waals surface area (Å²) in [6, 6.07) is 9.89. The van der Waals surface area contributed by atoms with Crippen molar-refractivity contribution in [3.8, 4) is 0 Å². The Morgan fingerprint density at radius 1 is 1.12 bits per heavy atom. The molecule has 2 heterocycles. The molecular formula is C18H23N5O. The summed E-state index contributed by atoms with van der Waals surface area (Å²) in [4.78, 5) is 25.3. The van der Waals surface area contributed by atoms with Gasteiger partial charge >= 0.3 is 0 Å². The smallest absolute Gasteiger partial charge is 0.270 e. The van der Waals surface area contributed by atoms with Crippen LogP contribution in [0.5, 0.6) is 0 Å². The van der Waals surface area contributed by atoms with Crippen LogP contribution in [-0.4, -0.2) is 54.0 Å². The van der Waals surface area contributed by atoms with Crippen molar-refractivity contribution in [1.29, 1.82) is 0 Å². The average molecular weight is 325 g/mol. The Morgan fingerprint density at radius 2 is 1.83 bits per heavy atom. The molecule has 2 aromatic rings. The van der Waals surface area contributed by atoms with Crippen LogP contribution in [0.1, 0.15) is 21.6 Å². The highest BCUT2D eigenvalue weighted by Gasteiger charge is 2.17. The second-order valence-electron chi connectivity index (χ2n) is 6.22. The van der Waals surface area contributed by atoms with Crippen molar-refractivity contribution in [1.82, 2.24) is 20.2 Å². The number of hydrogen-bond acceptors (Lipinski definition) is 5. The van der Waals surface area contributed by atoms with Crippen LogP contribution in [0.2, 0.25) is 0 Å². The third-order valence-corrected chi connectivity index (χ3v) is 4.29. The average Bonchev–Trinajstić information content (AvgIpc) is 2.62. The van der Waals surface area contributed by atoms with E-state index in [0.717, 1.165) is 37.6 Å². The first-order chi connectivity index (χ1) is 11.6. The summed E-state index contributed by atoms with van der Waals surface area (Å²) in [5.41, 5.74) is 2.69. The van der Waals surface area contributed by atoms with Crippen LogP contribution in [0.15, 0.2) is 36.7 Å². The van der Waals surface area contributed by atoms with Gasteiger partial charge in [-0.15, -0.1) is 0 Å². The van der Waals surface area contributed by atoms with Gasteiger partial charge in [0.25, 0.3) is 5.91 Å². The van der Waals surface area contributed by atoms with Crippen molar-refractivity contribution in [3.05, 3.63) is 53.5 Å². The van der Waals surface area contributed by atoms with E-state index in [2.05, 4.69) is 32.1 Å². The molecule has 1 aromatic heterocycles. The van der Waals surface area contributed by atoms with E-state index < -0.39 is 0 Å². The minimum absolute atomic E-state index is 0.173. The third-order valence-electron chi connectivity index (χ3n) is 4.29. The number of benzene rings is 1. The number of hydrogen-bond donors (Lipinski definition) is 1. The molecule has 1 fully saturated rings. The Kier molecular flexibility index (Phi) is 5.05. The lowest BCUT2D eigenvalue weighted by Gasteiger charge is -2.33. The van der Waals surface area contributed by atoms with Crippen molar-refractivity contribution >= 4 is 11.7 Å². The molecule has 0 atom stereocenters. The Balaban J connectivity index is 1.62. The lowest BCUT2D eigenvalue weighted by molar-refractivity contribution is 0.0945. The molecule has 3 rings (SSSR count). The molecule has 0 spiro atoms. The lowest BCUT2D eigenvalue weighted by Crippen LogP contribution is -2.44. The molecule has 0 bridgehead atoms. The number of nitrogens with one attached hydrogen (secondary N) is 1. The molecule has 126 valence electrons. The number of aromatic nitrogens is 2. The molecule has 6 nitrogen and oxygen atoms in total. The summed E-state index contributed by atoms with van der Waals surface area (Å²) in [6.07, 6.45) is 1.47. The van der Waals surface area contributed by atoms with E-state index in [0.29, 0.717) is 12.2 Å². The molecule has 0 saturated carbocycles. The molecule has 0 unspecified atom stereocenters. The van der Waals surface area contributed by atoms with E-state index in [9.17, 15) is 4.79 Å². The van der Waals surface area contributed by atoms with E-state index in [4.69, 9.17) is 0 Å². The highest BCUT2D eigenvalue weighted by molar-refractivity contribution is 5.92. The maximum atomic E-state index is 12.3. The zero-order valence-corrected chi connectivity index (χ0v) is 14.2. The van der Waals surface area contributed by atoms with Gasteiger partial charge in [-0.05, 0) is 19.5 Å². The standard InChI is InChI=1S/C18H23N5O/c1-14-3-5-15(6-4-14)12-19-18(24)16-11-17(21-13-20-16)23-9-7-22(2)8-10-23/h3-6,11,13H,7-10,12H2,1-2H3,(H,19,24). The van der Waals surface area contributed by atoms with Gasteiger partial charge < -0.3 is 15.1 Å². The van der Waals surface area contributed by atoms with Gasteiger partial charge in [0, 0.05) is 38.8 Å². The number of carbonyl (C=O) groups is 1. The van der Waals surface area contributed by atoms with Gasteiger partial charge in [-0.25, -0.2) is 9.97 Å². The predicted molar refractivity (Wildman–Crippen MR) is 94.1 cm³/mol. The first-order valence-electron chi connectivity index (χ1n) is 8.21. The Bertz CT molecular complexity index is 693. The summed E-state index contributed by atoms with van der Waals surface area (Å²) in [6.45, 7) is 6.36. The summed E-state index contributed by atoms with van der Waals surface area (Å²) in [5, 5.41) is 2.92. The predicted octanol–water partition coefficient (Wildman–Crippen LogP) is 1.47. The van der Waals surface area contributed by atoms with E-state index >= 15 is 0 Å². The zero-order valence-electron chi connectivity index (χ0n) is 14.2. The normalized spacial score (nSPS) is 15.3. The van der Waals surface area contributed by atoms with E-state index in [1.54, 1.807) is 6.07 Å². The topological polar surface area (TPSA) is 61.4 Å². The number of carbonyl (C=O) groups excluding carboxylic acids is 1. The highest BCUT2D eigenvalue weighted by atomic mass is 16.1. The maximum Gasteiger partial charge on any atom is 0.270 e. The summed E-state index contributed by atoms with van der Waals surface area (Å²) >= 11 is 0. The maximum absolute atomic E-state index is 12.3.